The van der Waals surface area contributed by atoms with Gasteiger partial charge in [-0.3, -0.25) is 4.79 Å². The number of aliphatic hydroxyl groups is 3. The molecule has 0 aromatic carbocycles. The third-order valence-corrected chi connectivity index (χ3v) is 11.5. The summed E-state index contributed by atoms with van der Waals surface area (Å²) in [6, 6.07) is -0.825. The standard InChI is InChI=1S/C50H97NO4/c1-3-5-7-9-11-13-15-17-19-20-21-22-23-24-25-26-27-28-29-31-33-35-37-39-41-43-45-49(54)51-47(46-52)50(55)48(53)44-42-40-38-36-34-32-30-18-16-14-12-10-8-6-4-2/h24-25,36,38,47-48,50,52-53,55H,3-23,26-35,37,39-46H2,1-2H3,(H,51,54)/b25-24-,38-36+. The van der Waals surface area contributed by atoms with E-state index in [-0.39, 0.29) is 12.5 Å². The van der Waals surface area contributed by atoms with Crippen molar-refractivity contribution in [2.75, 3.05) is 6.61 Å². The van der Waals surface area contributed by atoms with E-state index in [2.05, 4.69) is 43.5 Å². The third kappa shape index (κ3) is 40.8. The average molecular weight is 776 g/mol. The molecule has 0 spiro atoms. The number of nitrogens with one attached hydrogen (secondary N) is 1. The normalized spacial score (nSPS) is 13.6. The maximum Gasteiger partial charge on any atom is 0.220 e. The van der Waals surface area contributed by atoms with Gasteiger partial charge in [0.05, 0.1) is 18.8 Å². The van der Waals surface area contributed by atoms with Gasteiger partial charge >= 0.3 is 0 Å². The Balaban J connectivity index is 3.58. The molecule has 55 heavy (non-hydrogen) atoms. The van der Waals surface area contributed by atoms with Gasteiger partial charge in [-0.1, -0.05) is 218 Å². The average Bonchev–Trinajstić information content (AvgIpc) is 3.19. The lowest BCUT2D eigenvalue weighted by Gasteiger charge is -2.26. The number of hydrogen-bond acceptors (Lipinski definition) is 4. The van der Waals surface area contributed by atoms with Crippen molar-refractivity contribution in [3.8, 4) is 0 Å². The number of rotatable bonds is 45. The Morgan fingerprint density at radius 2 is 0.727 bits per heavy atom. The van der Waals surface area contributed by atoms with E-state index < -0.39 is 18.2 Å². The predicted molar refractivity (Wildman–Crippen MR) is 241 cm³/mol. The molecular weight excluding hydrogens is 679 g/mol. The van der Waals surface area contributed by atoms with Crippen LogP contribution in [-0.2, 0) is 4.79 Å². The van der Waals surface area contributed by atoms with E-state index in [1.807, 2.05) is 0 Å². The highest BCUT2D eigenvalue weighted by Gasteiger charge is 2.26. The lowest BCUT2D eigenvalue weighted by atomic mass is 10.0. The Morgan fingerprint density at radius 3 is 1.05 bits per heavy atom. The molecular formula is C50H97NO4. The van der Waals surface area contributed by atoms with Crippen molar-refractivity contribution in [1.29, 1.82) is 0 Å². The molecule has 3 atom stereocenters. The van der Waals surface area contributed by atoms with Crippen molar-refractivity contribution in [1.82, 2.24) is 5.32 Å². The minimum absolute atomic E-state index is 0.153. The molecule has 0 fully saturated rings. The first-order valence-electron chi connectivity index (χ1n) is 24.6. The number of allylic oxidation sites excluding steroid dienone is 4. The Kier molecular flexibility index (Phi) is 44.6. The van der Waals surface area contributed by atoms with Gasteiger partial charge in [0.2, 0.25) is 5.91 Å². The predicted octanol–water partition coefficient (Wildman–Crippen LogP) is 14.6. The summed E-state index contributed by atoms with van der Waals surface area (Å²) in [6.07, 6.45) is 55.9. The summed E-state index contributed by atoms with van der Waals surface area (Å²) in [5.41, 5.74) is 0. The molecule has 0 heterocycles. The Bertz CT molecular complexity index is 814. The van der Waals surface area contributed by atoms with Crippen LogP contribution in [0, 0.1) is 0 Å². The zero-order valence-corrected chi connectivity index (χ0v) is 37.1. The van der Waals surface area contributed by atoms with Gasteiger partial charge < -0.3 is 20.6 Å². The van der Waals surface area contributed by atoms with Crippen LogP contribution < -0.4 is 5.32 Å². The fourth-order valence-electron chi connectivity index (χ4n) is 7.69. The molecule has 0 saturated heterocycles. The van der Waals surface area contributed by atoms with Crippen LogP contribution >= 0.6 is 0 Å². The second-order valence-corrected chi connectivity index (χ2v) is 17.0. The number of amides is 1. The Labute approximate surface area is 343 Å². The summed E-state index contributed by atoms with van der Waals surface area (Å²) < 4.78 is 0. The van der Waals surface area contributed by atoms with E-state index in [1.54, 1.807) is 0 Å². The molecule has 0 saturated carbocycles. The van der Waals surface area contributed by atoms with Crippen LogP contribution in [0.25, 0.3) is 0 Å². The molecule has 0 radical (unpaired) electrons. The van der Waals surface area contributed by atoms with Crippen LogP contribution in [0.1, 0.15) is 264 Å². The van der Waals surface area contributed by atoms with Crippen molar-refractivity contribution < 1.29 is 20.1 Å². The minimum atomic E-state index is -1.16. The second kappa shape index (κ2) is 45.5. The lowest BCUT2D eigenvalue weighted by Crippen LogP contribution is -2.50. The molecule has 3 unspecified atom stereocenters. The van der Waals surface area contributed by atoms with E-state index in [4.69, 9.17) is 0 Å². The van der Waals surface area contributed by atoms with E-state index in [9.17, 15) is 20.1 Å². The molecule has 0 aliphatic rings. The number of hydrogen-bond donors (Lipinski definition) is 4. The number of aliphatic hydroxyl groups excluding tert-OH is 3. The first-order chi connectivity index (χ1) is 27.1. The maximum atomic E-state index is 12.5. The summed E-state index contributed by atoms with van der Waals surface area (Å²) in [5, 5.41) is 33.6. The summed E-state index contributed by atoms with van der Waals surface area (Å²) in [7, 11) is 0. The molecule has 0 aromatic heterocycles. The molecule has 4 N–H and O–H groups in total. The zero-order valence-electron chi connectivity index (χ0n) is 37.1. The van der Waals surface area contributed by atoms with Gasteiger partial charge in [0.25, 0.3) is 0 Å². The van der Waals surface area contributed by atoms with Crippen molar-refractivity contribution in [2.45, 2.75) is 283 Å². The van der Waals surface area contributed by atoms with Gasteiger partial charge in [0.1, 0.15) is 6.10 Å². The first kappa shape index (κ1) is 53.8. The smallest absolute Gasteiger partial charge is 0.220 e. The number of unbranched alkanes of at least 4 members (excludes halogenated alkanes) is 33. The van der Waals surface area contributed by atoms with Gasteiger partial charge in [0.15, 0.2) is 0 Å². The molecule has 326 valence electrons. The van der Waals surface area contributed by atoms with Crippen LogP contribution in [0.2, 0.25) is 0 Å². The highest BCUT2D eigenvalue weighted by atomic mass is 16.3. The molecule has 0 aromatic rings. The van der Waals surface area contributed by atoms with Gasteiger partial charge in [-0.2, -0.15) is 0 Å². The maximum absolute atomic E-state index is 12.5. The van der Waals surface area contributed by atoms with E-state index in [1.165, 1.54) is 199 Å². The summed E-state index contributed by atoms with van der Waals surface area (Å²) in [6.45, 7) is 4.18. The minimum Gasteiger partial charge on any atom is -0.394 e. The van der Waals surface area contributed by atoms with Gasteiger partial charge in [-0.15, -0.1) is 0 Å². The SMILES string of the molecule is CCCCCCCCCCCC/C=C/CCCC(O)C(O)C(CO)NC(=O)CCCCCCCCCCCC/C=C\CCCCCCCCCCCCCC. The third-order valence-electron chi connectivity index (χ3n) is 11.5. The fraction of sp³-hybridized carbons (Fsp3) is 0.900. The molecule has 0 rings (SSSR count). The molecule has 5 nitrogen and oxygen atoms in total. The fourth-order valence-corrected chi connectivity index (χ4v) is 7.69. The number of carbonyl (C=O) groups is 1. The van der Waals surface area contributed by atoms with Crippen LogP contribution in [0.5, 0.6) is 0 Å². The number of carbonyl (C=O) groups excluding carboxylic acids is 1. The monoisotopic (exact) mass is 776 g/mol. The van der Waals surface area contributed by atoms with E-state index in [0.717, 1.165) is 38.5 Å². The first-order valence-corrected chi connectivity index (χ1v) is 24.6. The molecule has 5 heteroatoms. The van der Waals surface area contributed by atoms with Gasteiger partial charge in [-0.05, 0) is 64.2 Å². The van der Waals surface area contributed by atoms with Gasteiger partial charge in [0, 0.05) is 6.42 Å². The second-order valence-electron chi connectivity index (χ2n) is 17.0. The highest BCUT2D eigenvalue weighted by Crippen LogP contribution is 2.16. The summed E-state index contributed by atoms with van der Waals surface area (Å²) in [5.74, 6) is -0.153. The molecule has 0 aliphatic heterocycles. The summed E-state index contributed by atoms with van der Waals surface area (Å²) in [4.78, 5) is 12.5. The van der Waals surface area contributed by atoms with Gasteiger partial charge in [-0.25, -0.2) is 0 Å². The highest BCUT2D eigenvalue weighted by molar-refractivity contribution is 5.76. The topological polar surface area (TPSA) is 89.8 Å². The van der Waals surface area contributed by atoms with E-state index in [0.29, 0.717) is 12.8 Å². The van der Waals surface area contributed by atoms with Crippen LogP contribution in [0.4, 0.5) is 0 Å². The van der Waals surface area contributed by atoms with Crippen LogP contribution in [-0.4, -0.2) is 46.1 Å². The lowest BCUT2D eigenvalue weighted by molar-refractivity contribution is -0.124. The molecule has 1 amide bonds. The van der Waals surface area contributed by atoms with Crippen molar-refractivity contribution in [3.05, 3.63) is 24.3 Å². The molecule has 0 aliphatic carbocycles. The van der Waals surface area contributed by atoms with Crippen molar-refractivity contribution in [2.24, 2.45) is 0 Å². The van der Waals surface area contributed by atoms with Crippen LogP contribution in [0.15, 0.2) is 24.3 Å². The zero-order chi connectivity index (χ0) is 40.1. The Morgan fingerprint density at radius 1 is 0.436 bits per heavy atom. The quantitative estimate of drug-likeness (QED) is 0.0366. The molecule has 0 bridgehead atoms. The Hall–Kier alpha value is -1.17. The van der Waals surface area contributed by atoms with Crippen LogP contribution in [0.3, 0.4) is 0 Å². The van der Waals surface area contributed by atoms with Crippen molar-refractivity contribution >= 4 is 5.91 Å². The van der Waals surface area contributed by atoms with Crippen molar-refractivity contribution in [3.63, 3.8) is 0 Å². The van der Waals surface area contributed by atoms with E-state index >= 15 is 0 Å². The summed E-state index contributed by atoms with van der Waals surface area (Å²) >= 11 is 0. The largest absolute Gasteiger partial charge is 0.394 e.